The van der Waals surface area contributed by atoms with Gasteiger partial charge in [0, 0.05) is 10.3 Å². The zero-order valence-corrected chi connectivity index (χ0v) is 15.1. The molecule has 0 saturated carbocycles. The molecule has 1 amide bonds. The van der Waals surface area contributed by atoms with Crippen LogP contribution in [0.1, 0.15) is 16.1 Å². The number of thiazole rings is 1. The minimum absolute atomic E-state index is 0.254. The lowest BCUT2D eigenvalue weighted by Gasteiger charge is -2.09. The molecule has 7 heteroatoms. The summed E-state index contributed by atoms with van der Waals surface area (Å²) in [5.41, 5.74) is 1.17. The molecule has 0 bridgehead atoms. The Hall–Kier alpha value is -2.25. The molecule has 2 heterocycles. The highest BCUT2D eigenvalue weighted by Gasteiger charge is 2.15. The minimum Gasteiger partial charge on any atom is -0.496 e. The van der Waals surface area contributed by atoms with Crippen LogP contribution in [0.15, 0.2) is 45.0 Å². The van der Waals surface area contributed by atoms with Crippen molar-refractivity contribution in [3.63, 3.8) is 0 Å². The van der Waals surface area contributed by atoms with Gasteiger partial charge in [0.15, 0.2) is 10.9 Å². The summed E-state index contributed by atoms with van der Waals surface area (Å²) in [6.07, 6.45) is 1.97. The Morgan fingerprint density at radius 3 is 2.83 bits per heavy atom. The lowest BCUT2D eigenvalue weighted by atomic mass is 10.2. The molecule has 0 spiro atoms. The van der Waals surface area contributed by atoms with Gasteiger partial charge in [-0.05, 0) is 43.5 Å². The lowest BCUT2D eigenvalue weighted by Crippen LogP contribution is -2.13. The maximum absolute atomic E-state index is 12.5. The number of ether oxygens (including phenoxy) is 1. The van der Waals surface area contributed by atoms with Gasteiger partial charge in [0.05, 0.1) is 12.7 Å². The molecule has 5 nitrogen and oxygen atoms in total. The number of carbonyl (C=O) groups excluding carboxylic acids is 1. The van der Waals surface area contributed by atoms with Crippen LogP contribution in [0.4, 0.5) is 5.13 Å². The van der Waals surface area contributed by atoms with Crippen LogP contribution < -0.4 is 10.1 Å². The zero-order chi connectivity index (χ0) is 17.1. The van der Waals surface area contributed by atoms with Crippen molar-refractivity contribution in [3.8, 4) is 17.2 Å². The SMILES string of the molecule is COc1cc(SC)ccc1C(=O)Nc1nc(-c2ccc(C)o2)cs1. The first-order valence-corrected chi connectivity index (χ1v) is 9.27. The van der Waals surface area contributed by atoms with E-state index >= 15 is 0 Å². The average molecular weight is 360 g/mol. The Morgan fingerprint density at radius 1 is 1.33 bits per heavy atom. The Kier molecular flexibility index (Phi) is 4.92. The molecule has 0 unspecified atom stereocenters. The third kappa shape index (κ3) is 3.47. The number of methoxy groups -OCH3 is 1. The average Bonchev–Trinajstić information content (AvgIpc) is 3.23. The number of benzene rings is 1. The number of furan rings is 1. The molecule has 0 fully saturated rings. The Morgan fingerprint density at radius 2 is 2.17 bits per heavy atom. The monoisotopic (exact) mass is 360 g/mol. The molecule has 0 aliphatic carbocycles. The molecule has 3 rings (SSSR count). The van der Waals surface area contributed by atoms with E-state index in [2.05, 4.69) is 10.3 Å². The summed E-state index contributed by atoms with van der Waals surface area (Å²) in [7, 11) is 1.55. The number of hydrogen-bond donors (Lipinski definition) is 1. The van der Waals surface area contributed by atoms with E-state index in [4.69, 9.17) is 9.15 Å². The number of nitrogens with zero attached hydrogens (tertiary/aromatic N) is 1. The van der Waals surface area contributed by atoms with Gasteiger partial charge < -0.3 is 9.15 Å². The van der Waals surface area contributed by atoms with Crippen LogP contribution in [-0.2, 0) is 0 Å². The maximum atomic E-state index is 12.5. The summed E-state index contributed by atoms with van der Waals surface area (Å²) in [6, 6.07) is 9.23. The molecule has 0 radical (unpaired) electrons. The van der Waals surface area contributed by atoms with E-state index in [-0.39, 0.29) is 5.91 Å². The first kappa shape index (κ1) is 16.6. The quantitative estimate of drug-likeness (QED) is 0.669. The first-order valence-electron chi connectivity index (χ1n) is 7.16. The van der Waals surface area contributed by atoms with Crippen molar-refractivity contribution in [2.24, 2.45) is 0 Å². The number of hydrogen-bond acceptors (Lipinski definition) is 6. The van der Waals surface area contributed by atoms with Gasteiger partial charge in [-0.3, -0.25) is 10.1 Å². The second kappa shape index (κ2) is 7.11. The van der Waals surface area contributed by atoms with Crippen molar-refractivity contribution >= 4 is 34.1 Å². The normalized spacial score (nSPS) is 10.6. The standard InChI is InChI=1S/C17H16N2O3S2/c1-10-4-7-14(22-10)13-9-24-17(18-13)19-16(20)12-6-5-11(23-3)8-15(12)21-2/h4-9H,1-3H3,(H,18,19,20). The maximum Gasteiger partial charge on any atom is 0.261 e. The van der Waals surface area contributed by atoms with E-state index in [9.17, 15) is 4.79 Å². The number of rotatable bonds is 5. The number of aryl methyl sites for hydroxylation is 1. The molecule has 1 N–H and O–H groups in total. The number of amides is 1. The predicted molar refractivity (Wildman–Crippen MR) is 97.3 cm³/mol. The summed E-state index contributed by atoms with van der Waals surface area (Å²) in [6.45, 7) is 1.88. The van der Waals surface area contributed by atoms with Gasteiger partial charge in [-0.2, -0.15) is 0 Å². The first-order chi connectivity index (χ1) is 11.6. The second-order valence-electron chi connectivity index (χ2n) is 4.97. The molecular weight excluding hydrogens is 344 g/mol. The van der Waals surface area contributed by atoms with Crippen molar-refractivity contribution in [1.82, 2.24) is 4.98 Å². The van der Waals surface area contributed by atoms with E-state index in [1.54, 1.807) is 24.9 Å². The highest BCUT2D eigenvalue weighted by molar-refractivity contribution is 7.98. The largest absolute Gasteiger partial charge is 0.496 e. The number of thioether (sulfide) groups is 1. The Bertz CT molecular complexity index is 870. The molecule has 3 aromatic rings. The molecule has 0 atom stereocenters. The fourth-order valence-electron chi connectivity index (χ4n) is 2.17. The van der Waals surface area contributed by atoms with Gasteiger partial charge in [-0.25, -0.2) is 4.98 Å². The lowest BCUT2D eigenvalue weighted by molar-refractivity contribution is 0.102. The van der Waals surface area contributed by atoms with E-state index in [1.165, 1.54) is 11.3 Å². The van der Waals surface area contributed by atoms with Crippen molar-refractivity contribution in [2.45, 2.75) is 11.8 Å². The van der Waals surface area contributed by atoms with Crippen molar-refractivity contribution < 1.29 is 13.9 Å². The molecule has 0 aliphatic heterocycles. The fourth-order valence-corrected chi connectivity index (χ4v) is 3.29. The molecule has 124 valence electrons. The van der Waals surface area contributed by atoms with Gasteiger partial charge in [-0.1, -0.05) is 0 Å². The van der Waals surface area contributed by atoms with Crippen LogP contribution in [0.3, 0.4) is 0 Å². The molecule has 1 aromatic carbocycles. The molecule has 0 saturated heterocycles. The van der Waals surface area contributed by atoms with Gasteiger partial charge in [0.1, 0.15) is 17.2 Å². The van der Waals surface area contributed by atoms with Crippen LogP contribution in [0.25, 0.3) is 11.5 Å². The van der Waals surface area contributed by atoms with E-state index in [0.29, 0.717) is 27.9 Å². The number of aromatic nitrogens is 1. The molecule has 0 aliphatic rings. The number of anilines is 1. The van der Waals surface area contributed by atoms with Crippen LogP contribution in [0.5, 0.6) is 5.75 Å². The highest BCUT2D eigenvalue weighted by Crippen LogP contribution is 2.29. The van der Waals surface area contributed by atoms with Crippen LogP contribution >= 0.6 is 23.1 Å². The van der Waals surface area contributed by atoms with Crippen molar-refractivity contribution in [2.75, 3.05) is 18.7 Å². The smallest absolute Gasteiger partial charge is 0.261 e. The second-order valence-corrected chi connectivity index (χ2v) is 6.71. The molecule has 2 aromatic heterocycles. The predicted octanol–water partition coefficient (Wildman–Crippen LogP) is 4.69. The number of carbonyl (C=O) groups is 1. The van der Waals surface area contributed by atoms with Gasteiger partial charge >= 0.3 is 0 Å². The zero-order valence-electron chi connectivity index (χ0n) is 13.5. The Labute approximate surface area is 148 Å². The minimum atomic E-state index is -0.254. The van der Waals surface area contributed by atoms with Crippen LogP contribution in [-0.4, -0.2) is 24.3 Å². The Balaban J connectivity index is 1.79. The highest BCUT2D eigenvalue weighted by atomic mass is 32.2. The summed E-state index contributed by atoms with van der Waals surface area (Å²) < 4.78 is 10.9. The van der Waals surface area contributed by atoms with E-state index < -0.39 is 0 Å². The molecule has 24 heavy (non-hydrogen) atoms. The molecular formula is C17H16N2O3S2. The van der Waals surface area contributed by atoms with Crippen molar-refractivity contribution in [3.05, 3.63) is 47.0 Å². The topological polar surface area (TPSA) is 64.4 Å². The van der Waals surface area contributed by atoms with Crippen LogP contribution in [0, 0.1) is 6.92 Å². The summed E-state index contributed by atoms with van der Waals surface area (Å²) in [5, 5.41) is 5.17. The fraction of sp³-hybridized carbons (Fsp3) is 0.176. The third-order valence-corrected chi connectivity index (χ3v) is 4.85. The van der Waals surface area contributed by atoms with E-state index in [1.807, 2.05) is 42.8 Å². The van der Waals surface area contributed by atoms with Gasteiger partial charge in [0.2, 0.25) is 0 Å². The number of nitrogens with one attached hydrogen (secondary N) is 1. The van der Waals surface area contributed by atoms with Crippen LogP contribution in [0.2, 0.25) is 0 Å². The van der Waals surface area contributed by atoms with E-state index in [0.717, 1.165) is 10.7 Å². The van der Waals surface area contributed by atoms with Crippen molar-refractivity contribution in [1.29, 1.82) is 0 Å². The van der Waals surface area contributed by atoms with Gasteiger partial charge in [0.25, 0.3) is 5.91 Å². The summed E-state index contributed by atoms with van der Waals surface area (Å²) in [4.78, 5) is 17.9. The summed E-state index contributed by atoms with van der Waals surface area (Å²) in [5.74, 6) is 1.79. The third-order valence-electron chi connectivity index (χ3n) is 3.37. The van der Waals surface area contributed by atoms with Gasteiger partial charge in [-0.15, -0.1) is 23.1 Å². The summed E-state index contributed by atoms with van der Waals surface area (Å²) >= 11 is 2.94.